The van der Waals surface area contributed by atoms with Gasteiger partial charge < -0.3 is 19.5 Å². The molecule has 5 heteroatoms. The highest BCUT2D eigenvalue weighted by Crippen LogP contribution is 2.28. The molecule has 0 heterocycles. The van der Waals surface area contributed by atoms with E-state index in [1.807, 2.05) is 12.1 Å². The number of hydrogen-bond donors (Lipinski definition) is 1. The van der Waals surface area contributed by atoms with E-state index in [-0.39, 0.29) is 6.04 Å². The minimum Gasteiger partial charge on any atom is -0.491 e. The van der Waals surface area contributed by atoms with Crippen LogP contribution in [0.3, 0.4) is 0 Å². The second-order valence-electron chi connectivity index (χ2n) is 4.77. The van der Waals surface area contributed by atoms with Crippen LogP contribution in [0.25, 0.3) is 0 Å². The fourth-order valence-electron chi connectivity index (χ4n) is 2.03. The summed E-state index contributed by atoms with van der Waals surface area (Å²) in [6, 6.07) is 6.40. The van der Waals surface area contributed by atoms with Crippen LogP contribution < -0.4 is 10.1 Å². The number of methoxy groups -OCH3 is 1. The van der Waals surface area contributed by atoms with Crippen molar-refractivity contribution in [2.75, 3.05) is 40.1 Å². The van der Waals surface area contributed by atoms with Gasteiger partial charge in [0.05, 0.1) is 6.61 Å². The van der Waals surface area contributed by atoms with Crippen molar-refractivity contribution < 1.29 is 14.2 Å². The van der Waals surface area contributed by atoms with Gasteiger partial charge in [-0.05, 0) is 32.0 Å². The summed E-state index contributed by atoms with van der Waals surface area (Å²) in [7, 11) is 1.70. The molecular weight excluding hydrogens is 334 g/mol. The van der Waals surface area contributed by atoms with Crippen molar-refractivity contribution in [2.45, 2.75) is 26.3 Å². The molecule has 120 valence electrons. The van der Waals surface area contributed by atoms with Gasteiger partial charge in [-0.3, -0.25) is 0 Å². The SMILES string of the molecule is CCNC(C)c1ccc(Br)cc1OCCOCCCOC. The van der Waals surface area contributed by atoms with Gasteiger partial charge in [-0.2, -0.15) is 0 Å². The lowest BCUT2D eigenvalue weighted by atomic mass is 10.1. The standard InChI is InChI=1S/C16H26BrNO3/c1-4-18-13(2)15-7-6-14(17)12-16(15)21-11-10-20-9-5-8-19-3/h6-7,12-13,18H,4-5,8-11H2,1-3H3. The average Bonchev–Trinajstić information content (AvgIpc) is 2.46. The molecule has 0 aliphatic rings. The molecule has 1 aromatic rings. The maximum atomic E-state index is 5.87. The van der Waals surface area contributed by atoms with E-state index in [1.54, 1.807) is 7.11 Å². The number of nitrogens with one attached hydrogen (secondary N) is 1. The Morgan fingerprint density at radius 1 is 1.19 bits per heavy atom. The van der Waals surface area contributed by atoms with E-state index in [9.17, 15) is 0 Å². The van der Waals surface area contributed by atoms with Gasteiger partial charge in [0.25, 0.3) is 0 Å². The molecule has 21 heavy (non-hydrogen) atoms. The molecular formula is C16H26BrNO3. The van der Waals surface area contributed by atoms with Crippen molar-refractivity contribution in [3.05, 3.63) is 28.2 Å². The van der Waals surface area contributed by atoms with Crippen LogP contribution >= 0.6 is 15.9 Å². The highest BCUT2D eigenvalue weighted by Gasteiger charge is 2.11. The monoisotopic (exact) mass is 359 g/mol. The number of ether oxygens (including phenoxy) is 3. The molecule has 0 radical (unpaired) electrons. The highest BCUT2D eigenvalue weighted by molar-refractivity contribution is 9.10. The largest absolute Gasteiger partial charge is 0.491 e. The Bertz CT molecular complexity index is 401. The van der Waals surface area contributed by atoms with Gasteiger partial charge in [0.1, 0.15) is 12.4 Å². The summed E-state index contributed by atoms with van der Waals surface area (Å²) in [5, 5.41) is 3.41. The van der Waals surface area contributed by atoms with Crippen LogP contribution in [0, 0.1) is 0 Å². The summed E-state index contributed by atoms with van der Waals surface area (Å²) in [5.74, 6) is 0.901. The van der Waals surface area contributed by atoms with Crippen LogP contribution in [0.4, 0.5) is 0 Å². The van der Waals surface area contributed by atoms with Crippen molar-refractivity contribution in [3.8, 4) is 5.75 Å². The fourth-order valence-corrected chi connectivity index (χ4v) is 2.37. The van der Waals surface area contributed by atoms with Crippen LogP contribution in [-0.4, -0.2) is 40.1 Å². The van der Waals surface area contributed by atoms with E-state index in [1.165, 1.54) is 5.56 Å². The van der Waals surface area contributed by atoms with Gasteiger partial charge in [-0.1, -0.05) is 28.9 Å². The van der Waals surface area contributed by atoms with E-state index < -0.39 is 0 Å². The number of benzene rings is 1. The van der Waals surface area contributed by atoms with Crippen LogP contribution in [0.15, 0.2) is 22.7 Å². The minimum absolute atomic E-state index is 0.265. The summed E-state index contributed by atoms with van der Waals surface area (Å²) < 4.78 is 17.4. The molecule has 0 aliphatic heterocycles. The lowest BCUT2D eigenvalue weighted by molar-refractivity contribution is 0.0803. The van der Waals surface area contributed by atoms with Crippen molar-refractivity contribution in [3.63, 3.8) is 0 Å². The quantitative estimate of drug-likeness (QED) is 0.613. The molecule has 4 nitrogen and oxygen atoms in total. The van der Waals surface area contributed by atoms with Crippen molar-refractivity contribution in [2.24, 2.45) is 0 Å². The summed E-state index contributed by atoms with van der Waals surface area (Å²) in [5.41, 5.74) is 1.17. The zero-order valence-corrected chi connectivity index (χ0v) is 14.7. The summed E-state index contributed by atoms with van der Waals surface area (Å²) in [4.78, 5) is 0. The lowest BCUT2D eigenvalue weighted by Gasteiger charge is -2.18. The van der Waals surface area contributed by atoms with Crippen molar-refractivity contribution >= 4 is 15.9 Å². The zero-order chi connectivity index (χ0) is 15.5. The number of halogens is 1. The van der Waals surface area contributed by atoms with E-state index in [0.717, 1.165) is 29.8 Å². The first-order valence-corrected chi connectivity index (χ1v) is 8.20. The highest BCUT2D eigenvalue weighted by atomic mass is 79.9. The molecule has 0 bridgehead atoms. The Hall–Kier alpha value is -0.620. The van der Waals surface area contributed by atoms with Gasteiger partial charge in [-0.15, -0.1) is 0 Å². The Kier molecular flexibility index (Phi) is 9.67. The van der Waals surface area contributed by atoms with Gasteiger partial charge >= 0.3 is 0 Å². The third-order valence-corrected chi connectivity index (χ3v) is 3.57. The summed E-state index contributed by atoms with van der Waals surface area (Å²) in [6.07, 6.45) is 0.913. The van der Waals surface area contributed by atoms with Crippen LogP contribution in [0.1, 0.15) is 31.9 Å². The predicted octanol–water partition coefficient (Wildman–Crippen LogP) is 3.55. The molecule has 0 aliphatic carbocycles. The smallest absolute Gasteiger partial charge is 0.125 e. The summed E-state index contributed by atoms with van der Waals surface area (Å²) in [6.45, 7) is 7.75. The Labute approximate surface area is 136 Å². The second-order valence-corrected chi connectivity index (χ2v) is 5.68. The molecule has 0 amide bonds. The molecule has 0 saturated heterocycles. The number of rotatable bonds is 11. The topological polar surface area (TPSA) is 39.7 Å². The maximum Gasteiger partial charge on any atom is 0.125 e. The zero-order valence-electron chi connectivity index (χ0n) is 13.2. The van der Waals surface area contributed by atoms with Gasteiger partial charge in [0.15, 0.2) is 0 Å². The second kappa shape index (κ2) is 11.0. The Morgan fingerprint density at radius 3 is 2.71 bits per heavy atom. The van der Waals surface area contributed by atoms with Gasteiger partial charge in [-0.25, -0.2) is 0 Å². The third-order valence-electron chi connectivity index (χ3n) is 3.07. The fraction of sp³-hybridized carbons (Fsp3) is 0.625. The Balaban J connectivity index is 2.43. The minimum atomic E-state index is 0.265. The Morgan fingerprint density at radius 2 is 2.00 bits per heavy atom. The van der Waals surface area contributed by atoms with Crippen LogP contribution in [0.5, 0.6) is 5.75 Å². The maximum absolute atomic E-state index is 5.87. The first-order valence-electron chi connectivity index (χ1n) is 7.41. The molecule has 1 aromatic carbocycles. The molecule has 0 saturated carbocycles. The molecule has 0 aromatic heterocycles. The molecule has 1 N–H and O–H groups in total. The molecule has 0 spiro atoms. The molecule has 1 atom stereocenters. The number of hydrogen-bond acceptors (Lipinski definition) is 4. The first-order chi connectivity index (χ1) is 10.2. The van der Waals surface area contributed by atoms with E-state index in [2.05, 4.69) is 41.2 Å². The van der Waals surface area contributed by atoms with Gasteiger partial charge in [0.2, 0.25) is 0 Å². The summed E-state index contributed by atoms with van der Waals surface area (Å²) >= 11 is 3.49. The average molecular weight is 360 g/mol. The third kappa shape index (κ3) is 7.27. The first kappa shape index (κ1) is 18.4. The van der Waals surface area contributed by atoms with Crippen molar-refractivity contribution in [1.82, 2.24) is 5.32 Å². The molecule has 1 rings (SSSR count). The van der Waals surface area contributed by atoms with E-state index in [4.69, 9.17) is 14.2 Å². The normalized spacial score (nSPS) is 12.4. The lowest BCUT2D eigenvalue weighted by Crippen LogP contribution is -2.19. The van der Waals surface area contributed by atoms with E-state index >= 15 is 0 Å². The van der Waals surface area contributed by atoms with Crippen LogP contribution in [0.2, 0.25) is 0 Å². The van der Waals surface area contributed by atoms with E-state index in [0.29, 0.717) is 19.8 Å². The predicted molar refractivity (Wildman–Crippen MR) is 89.0 cm³/mol. The van der Waals surface area contributed by atoms with Crippen molar-refractivity contribution in [1.29, 1.82) is 0 Å². The molecule has 1 unspecified atom stereocenters. The molecule has 0 fully saturated rings. The van der Waals surface area contributed by atoms with Gasteiger partial charge in [0, 0.05) is 36.4 Å². The van der Waals surface area contributed by atoms with Crippen LogP contribution in [-0.2, 0) is 9.47 Å².